The molecule has 23 heavy (non-hydrogen) atoms. The molecule has 1 unspecified atom stereocenters. The van der Waals surface area contributed by atoms with Crippen LogP contribution in [0.1, 0.15) is 52.0 Å². The molecule has 0 aliphatic heterocycles. The zero-order chi connectivity index (χ0) is 16.9. The number of benzene rings is 1. The molecule has 1 aliphatic carbocycles. The van der Waals surface area contributed by atoms with Crippen LogP contribution in [-0.4, -0.2) is 41.6 Å². The van der Waals surface area contributed by atoms with Crippen molar-refractivity contribution in [3.8, 4) is 5.75 Å². The molecule has 1 atom stereocenters. The minimum absolute atomic E-state index is 0.134. The normalized spacial score (nSPS) is 23.5. The van der Waals surface area contributed by atoms with Crippen LogP contribution in [-0.2, 0) is 5.41 Å². The van der Waals surface area contributed by atoms with Gasteiger partial charge in [0.25, 0.3) is 0 Å². The summed E-state index contributed by atoms with van der Waals surface area (Å²) in [6.45, 7) is 7.37. The molecule has 1 aromatic carbocycles. The molecule has 4 nitrogen and oxygen atoms in total. The molecule has 0 radical (unpaired) electrons. The molecule has 130 valence electrons. The number of rotatable bonds is 6. The van der Waals surface area contributed by atoms with E-state index >= 15 is 0 Å². The molecule has 2 rings (SSSR count). The molecule has 0 bridgehead atoms. The Labute approximate surface area is 139 Å². The lowest BCUT2D eigenvalue weighted by Gasteiger charge is -2.27. The van der Waals surface area contributed by atoms with Gasteiger partial charge in [-0.1, -0.05) is 32.9 Å². The van der Waals surface area contributed by atoms with Crippen LogP contribution in [0.2, 0.25) is 0 Å². The van der Waals surface area contributed by atoms with Crippen molar-refractivity contribution >= 4 is 0 Å². The molecule has 1 saturated carbocycles. The van der Waals surface area contributed by atoms with E-state index in [0.29, 0.717) is 12.6 Å². The second-order valence-corrected chi connectivity index (χ2v) is 7.65. The summed E-state index contributed by atoms with van der Waals surface area (Å²) in [7, 11) is 0. The van der Waals surface area contributed by atoms with Crippen LogP contribution in [0.4, 0.5) is 0 Å². The average Bonchev–Trinajstić information content (AvgIpc) is 2.52. The Morgan fingerprint density at radius 1 is 1.13 bits per heavy atom. The first-order chi connectivity index (χ1) is 10.8. The van der Waals surface area contributed by atoms with E-state index in [4.69, 9.17) is 4.74 Å². The second-order valence-electron chi connectivity index (χ2n) is 7.65. The van der Waals surface area contributed by atoms with Crippen molar-refractivity contribution in [3.63, 3.8) is 0 Å². The Morgan fingerprint density at radius 3 is 2.30 bits per heavy atom. The third-order valence-electron chi connectivity index (χ3n) is 4.50. The largest absolute Gasteiger partial charge is 0.491 e. The summed E-state index contributed by atoms with van der Waals surface area (Å²) < 4.78 is 5.66. The van der Waals surface area contributed by atoms with Gasteiger partial charge in [-0.15, -0.1) is 0 Å². The van der Waals surface area contributed by atoms with Crippen molar-refractivity contribution < 1.29 is 14.9 Å². The van der Waals surface area contributed by atoms with Gasteiger partial charge in [0.15, 0.2) is 0 Å². The van der Waals surface area contributed by atoms with Crippen LogP contribution in [0.15, 0.2) is 24.3 Å². The van der Waals surface area contributed by atoms with Crippen molar-refractivity contribution in [1.82, 2.24) is 5.32 Å². The van der Waals surface area contributed by atoms with E-state index in [-0.39, 0.29) is 18.1 Å². The van der Waals surface area contributed by atoms with E-state index in [1.54, 1.807) is 0 Å². The Hall–Kier alpha value is -1.10. The minimum Gasteiger partial charge on any atom is -0.491 e. The summed E-state index contributed by atoms with van der Waals surface area (Å²) in [6.07, 6.45) is 2.99. The summed E-state index contributed by atoms with van der Waals surface area (Å²) in [4.78, 5) is 0. The highest BCUT2D eigenvalue weighted by molar-refractivity contribution is 5.31. The van der Waals surface area contributed by atoms with Crippen LogP contribution in [0.25, 0.3) is 0 Å². The zero-order valence-corrected chi connectivity index (χ0v) is 14.6. The Bertz CT molecular complexity index is 458. The molecule has 0 heterocycles. The van der Waals surface area contributed by atoms with E-state index in [9.17, 15) is 10.2 Å². The molecule has 0 spiro atoms. The van der Waals surface area contributed by atoms with Gasteiger partial charge >= 0.3 is 0 Å². The molecular formula is C19H31NO3. The number of ether oxygens (including phenoxy) is 1. The minimum atomic E-state index is -0.524. The molecule has 4 heteroatoms. The van der Waals surface area contributed by atoms with Gasteiger partial charge in [-0.2, -0.15) is 0 Å². The quantitative estimate of drug-likeness (QED) is 0.754. The van der Waals surface area contributed by atoms with Gasteiger partial charge in [-0.25, -0.2) is 0 Å². The second kappa shape index (κ2) is 8.13. The Morgan fingerprint density at radius 2 is 1.74 bits per heavy atom. The van der Waals surface area contributed by atoms with Crippen LogP contribution in [0, 0.1) is 0 Å². The Kier molecular flexibility index (Phi) is 6.45. The van der Waals surface area contributed by atoms with Gasteiger partial charge in [0.2, 0.25) is 0 Å². The molecule has 1 aromatic rings. The van der Waals surface area contributed by atoms with Gasteiger partial charge in [-0.05, 0) is 48.8 Å². The summed E-state index contributed by atoms with van der Waals surface area (Å²) in [5.41, 5.74) is 1.40. The predicted octanol–water partition coefficient (Wildman–Crippen LogP) is 2.62. The maximum absolute atomic E-state index is 10.0. The fourth-order valence-corrected chi connectivity index (χ4v) is 2.89. The number of hydrogen-bond donors (Lipinski definition) is 3. The number of aliphatic hydroxyl groups is 2. The molecule has 1 fully saturated rings. The van der Waals surface area contributed by atoms with E-state index in [1.807, 2.05) is 12.1 Å². The molecule has 3 N–H and O–H groups in total. The smallest absolute Gasteiger partial charge is 0.119 e. The molecule has 0 amide bonds. The SMILES string of the molecule is CC(C)(C)c1ccc(OCC(O)CNC2CCC(O)CC2)cc1. The monoisotopic (exact) mass is 321 g/mol. The lowest BCUT2D eigenvalue weighted by Crippen LogP contribution is -2.40. The van der Waals surface area contributed by atoms with Crippen LogP contribution in [0.5, 0.6) is 5.75 Å². The van der Waals surface area contributed by atoms with Crippen LogP contribution >= 0.6 is 0 Å². The molecule has 1 aliphatic rings. The Balaban J connectivity index is 1.69. The van der Waals surface area contributed by atoms with Crippen molar-refractivity contribution in [2.24, 2.45) is 0 Å². The number of aliphatic hydroxyl groups excluding tert-OH is 2. The van der Waals surface area contributed by atoms with Gasteiger partial charge in [0, 0.05) is 12.6 Å². The lowest BCUT2D eigenvalue weighted by atomic mass is 9.87. The highest BCUT2D eigenvalue weighted by Crippen LogP contribution is 2.24. The van der Waals surface area contributed by atoms with Gasteiger partial charge < -0.3 is 20.3 Å². The van der Waals surface area contributed by atoms with Crippen LogP contribution in [0.3, 0.4) is 0 Å². The summed E-state index contributed by atoms with van der Waals surface area (Å²) in [5.74, 6) is 0.790. The van der Waals surface area contributed by atoms with Gasteiger partial charge in [0.05, 0.1) is 6.10 Å². The molecule has 0 saturated heterocycles. The first kappa shape index (κ1) is 18.2. The van der Waals surface area contributed by atoms with Crippen molar-refractivity contribution in [2.75, 3.05) is 13.2 Å². The maximum Gasteiger partial charge on any atom is 0.119 e. The van der Waals surface area contributed by atoms with Gasteiger partial charge in [0.1, 0.15) is 18.5 Å². The first-order valence-corrected chi connectivity index (χ1v) is 8.67. The highest BCUT2D eigenvalue weighted by atomic mass is 16.5. The van der Waals surface area contributed by atoms with Crippen molar-refractivity contribution in [3.05, 3.63) is 29.8 Å². The third kappa shape index (κ3) is 6.13. The highest BCUT2D eigenvalue weighted by Gasteiger charge is 2.19. The van der Waals surface area contributed by atoms with Crippen molar-refractivity contribution in [2.45, 2.75) is 70.1 Å². The summed E-state index contributed by atoms with van der Waals surface area (Å²) in [5, 5.41) is 22.9. The fraction of sp³-hybridized carbons (Fsp3) is 0.684. The first-order valence-electron chi connectivity index (χ1n) is 8.67. The van der Waals surface area contributed by atoms with E-state index in [0.717, 1.165) is 31.4 Å². The van der Waals surface area contributed by atoms with E-state index < -0.39 is 6.10 Å². The molecule has 0 aromatic heterocycles. The van der Waals surface area contributed by atoms with E-state index in [2.05, 4.69) is 38.2 Å². The third-order valence-corrected chi connectivity index (χ3v) is 4.50. The fourth-order valence-electron chi connectivity index (χ4n) is 2.89. The average molecular weight is 321 g/mol. The lowest BCUT2D eigenvalue weighted by molar-refractivity contribution is 0.0901. The zero-order valence-electron chi connectivity index (χ0n) is 14.6. The standard InChI is InChI=1S/C19H31NO3/c1-19(2,3)14-4-10-18(11-5-14)23-13-17(22)12-20-15-6-8-16(21)9-7-15/h4-5,10-11,15-17,20-22H,6-9,12-13H2,1-3H3. The molecular weight excluding hydrogens is 290 g/mol. The van der Waals surface area contributed by atoms with Crippen LogP contribution < -0.4 is 10.1 Å². The number of hydrogen-bond acceptors (Lipinski definition) is 4. The summed E-state index contributed by atoms with van der Waals surface area (Å²) in [6, 6.07) is 8.48. The van der Waals surface area contributed by atoms with Gasteiger partial charge in [-0.3, -0.25) is 0 Å². The predicted molar refractivity (Wildman–Crippen MR) is 92.9 cm³/mol. The van der Waals surface area contributed by atoms with Crippen molar-refractivity contribution in [1.29, 1.82) is 0 Å². The topological polar surface area (TPSA) is 61.7 Å². The summed E-state index contributed by atoms with van der Waals surface area (Å²) >= 11 is 0. The number of nitrogens with one attached hydrogen (secondary N) is 1. The maximum atomic E-state index is 10.0. The van der Waals surface area contributed by atoms with E-state index in [1.165, 1.54) is 5.56 Å².